The Morgan fingerprint density at radius 3 is 2.80 bits per heavy atom. The number of pyridine rings is 1. The van der Waals surface area contributed by atoms with Crippen molar-refractivity contribution >= 4 is 13.3 Å². The monoisotopic (exact) mass is 207 g/mol. The Balaban J connectivity index is 2.54. The summed E-state index contributed by atoms with van der Waals surface area (Å²) in [6.07, 6.45) is 2.34. The Kier molecular flexibility index (Phi) is 4.97. The number of hydrogen-bond donors (Lipinski definition) is 0. The van der Waals surface area contributed by atoms with E-state index in [1.807, 2.05) is 0 Å². The molecule has 0 aliphatic carbocycles. The summed E-state index contributed by atoms with van der Waals surface area (Å²) < 4.78 is 15.4. The zero-order valence-electron chi connectivity index (χ0n) is 9.03. The van der Waals surface area contributed by atoms with Gasteiger partial charge in [0.1, 0.15) is 7.85 Å². The van der Waals surface area contributed by atoms with E-state index in [1.165, 1.54) is 6.20 Å². The third-order valence-corrected chi connectivity index (χ3v) is 1.78. The third kappa shape index (κ3) is 3.79. The fourth-order valence-electron chi connectivity index (χ4n) is 1.09. The van der Waals surface area contributed by atoms with Gasteiger partial charge >= 0.3 is 0 Å². The molecule has 0 aromatic carbocycles. The molecule has 0 unspecified atom stereocenters. The van der Waals surface area contributed by atoms with Crippen LogP contribution < -0.4 is 14.9 Å². The minimum atomic E-state index is 0.446. The van der Waals surface area contributed by atoms with Crippen molar-refractivity contribution in [3.8, 4) is 11.6 Å². The molecule has 0 aliphatic rings. The summed E-state index contributed by atoms with van der Waals surface area (Å²) in [6, 6.07) is 1.69. The summed E-state index contributed by atoms with van der Waals surface area (Å²) in [5, 5.41) is 0. The number of rotatable bonds is 6. The smallest absolute Gasteiger partial charge is 0.256 e. The van der Waals surface area contributed by atoms with Crippen LogP contribution >= 0.6 is 0 Å². The second-order valence-electron chi connectivity index (χ2n) is 2.97. The van der Waals surface area contributed by atoms with Crippen LogP contribution in [0.15, 0.2) is 12.3 Å². The highest BCUT2D eigenvalue weighted by Crippen LogP contribution is 2.21. The van der Waals surface area contributed by atoms with E-state index in [-0.39, 0.29) is 0 Å². The van der Waals surface area contributed by atoms with Gasteiger partial charge in [0.15, 0.2) is 5.75 Å². The molecule has 5 heteroatoms. The van der Waals surface area contributed by atoms with Gasteiger partial charge in [-0.3, -0.25) is 0 Å². The average molecular weight is 207 g/mol. The van der Waals surface area contributed by atoms with Crippen LogP contribution in [0.25, 0.3) is 0 Å². The van der Waals surface area contributed by atoms with E-state index in [0.29, 0.717) is 30.3 Å². The number of nitrogens with zero attached hydrogens (tertiary/aromatic N) is 1. The van der Waals surface area contributed by atoms with Crippen LogP contribution in [0, 0.1) is 0 Å². The van der Waals surface area contributed by atoms with Gasteiger partial charge in [-0.15, -0.1) is 0 Å². The fraction of sp³-hybridized carbons (Fsp3) is 0.500. The van der Waals surface area contributed by atoms with E-state index >= 15 is 0 Å². The maximum atomic E-state index is 5.59. The molecule has 15 heavy (non-hydrogen) atoms. The molecular weight excluding hydrogens is 193 g/mol. The molecule has 0 bridgehead atoms. The van der Waals surface area contributed by atoms with Crippen LogP contribution in [0.5, 0.6) is 11.6 Å². The molecule has 80 valence electrons. The standard InChI is InChI=1S/C10H14BNO3/c1-13-4-3-5-15-9-6-8(11)7-12-10(9)14-2/h6-7H,3-5H2,1-2H3. The van der Waals surface area contributed by atoms with Crippen molar-refractivity contribution < 1.29 is 14.2 Å². The lowest BCUT2D eigenvalue weighted by molar-refractivity contribution is 0.170. The second kappa shape index (κ2) is 6.29. The molecule has 0 saturated carbocycles. The van der Waals surface area contributed by atoms with Crippen LogP contribution in [0.2, 0.25) is 0 Å². The maximum Gasteiger partial charge on any atom is 0.256 e. The first-order valence-electron chi connectivity index (χ1n) is 4.69. The highest BCUT2D eigenvalue weighted by molar-refractivity contribution is 6.32. The van der Waals surface area contributed by atoms with Crippen LogP contribution in [-0.4, -0.2) is 40.3 Å². The molecule has 1 aromatic rings. The quantitative estimate of drug-likeness (QED) is 0.496. The summed E-state index contributed by atoms with van der Waals surface area (Å²) >= 11 is 0. The maximum absolute atomic E-state index is 5.59. The van der Waals surface area contributed by atoms with Gasteiger partial charge in [0.05, 0.1) is 13.7 Å². The molecule has 1 rings (SSSR count). The zero-order valence-corrected chi connectivity index (χ0v) is 9.03. The van der Waals surface area contributed by atoms with E-state index in [2.05, 4.69) is 4.98 Å². The zero-order chi connectivity index (χ0) is 11.1. The molecule has 1 aromatic heterocycles. The summed E-state index contributed by atoms with van der Waals surface area (Å²) in [5.74, 6) is 1.01. The molecule has 0 aliphatic heterocycles. The van der Waals surface area contributed by atoms with Crippen molar-refractivity contribution in [2.75, 3.05) is 27.4 Å². The van der Waals surface area contributed by atoms with Crippen molar-refractivity contribution in [2.24, 2.45) is 0 Å². The lowest BCUT2D eigenvalue weighted by Crippen LogP contribution is -2.08. The predicted octanol–water partition coefficient (Wildman–Crippen LogP) is 0.299. The van der Waals surface area contributed by atoms with Crippen LogP contribution in [0.1, 0.15) is 6.42 Å². The van der Waals surface area contributed by atoms with Crippen molar-refractivity contribution in [3.05, 3.63) is 12.3 Å². The van der Waals surface area contributed by atoms with Gasteiger partial charge in [-0.05, 0) is 6.07 Å². The Morgan fingerprint density at radius 2 is 2.13 bits per heavy atom. The molecule has 1 heterocycles. The molecule has 0 amide bonds. The normalized spacial score (nSPS) is 10.0. The minimum absolute atomic E-state index is 0.446. The van der Waals surface area contributed by atoms with Gasteiger partial charge in [0, 0.05) is 26.3 Å². The number of hydrogen-bond acceptors (Lipinski definition) is 4. The van der Waals surface area contributed by atoms with Crippen molar-refractivity contribution in [3.63, 3.8) is 0 Å². The van der Waals surface area contributed by atoms with Crippen LogP contribution in [-0.2, 0) is 4.74 Å². The highest BCUT2D eigenvalue weighted by Gasteiger charge is 2.05. The van der Waals surface area contributed by atoms with E-state index < -0.39 is 0 Å². The first-order valence-corrected chi connectivity index (χ1v) is 4.69. The Morgan fingerprint density at radius 1 is 1.33 bits per heavy atom. The van der Waals surface area contributed by atoms with Gasteiger partial charge in [-0.1, -0.05) is 5.46 Å². The highest BCUT2D eigenvalue weighted by atomic mass is 16.5. The first kappa shape index (κ1) is 11.8. The van der Waals surface area contributed by atoms with E-state index in [9.17, 15) is 0 Å². The van der Waals surface area contributed by atoms with Crippen molar-refractivity contribution in [2.45, 2.75) is 6.42 Å². The van der Waals surface area contributed by atoms with Crippen LogP contribution in [0.3, 0.4) is 0 Å². The number of methoxy groups -OCH3 is 2. The van der Waals surface area contributed by atoms with Gasteiger partial charge in [0.2, 0.25) is 0 Å². The predicted molar refractivity (Wildman–Crippen MR) is 58.2 cm³/mol. The summed E-state index contributed by atoms with van der Waals surface area (Å²) in [4.78, 5) is 3.99. The van der Waals surface area contributed by atoms with Gasteiger partial charge in [-0.25, -0.2) is 4.98 Å². The first-order chi connectivity index (χ1) is 7.27. The Hall–Kier alpha value is -1.23. The number of aromatic nitrogens is 1. The Labute approximate surface area is 91.0 Å². The van der Waals surface area contributed by atoms with Gasteiger partial charge in [0.25, 0.3) is 5.88 Å². The molecule has 0 atom stereocenters. The fourth-order valence-corrected chi connectivity index (χ4v) is 1.09. The molecule has 4 nitrogen and oxygen atoms in total. The minimum Gasteiger partial charge on any atom is -0.488 e. The van der Waals surface area contributed by atoms with E-state index in [0.717, 1.165) is 6.42 Å². The van der Waals surface area contributed by atoms with E-state index in [4.69, 9.17) is 22.1 Å². The SMILES string of the molecule is [B]c1cnc(OC)c(OCCCOC)c1. The van der Waals surface area contributed by atoms with Crippen molar-refractivity contribution in [1.29, 1.82) is 0 Å². The van der Waals surface area contributed by atoms with Gasteiger partial charge < -0.3 is 14.2 Å². The topological polar surface area (TPSA) is 40.6 Å². The third-order valence-electron chi connectivity index (χ3n) is 1.78. The van der Waals surface area contributed by atoms with E-state index in [1.54, 1.807) is 20.3 Å². The lowest BCUT2D eigenvalue weighted by Gasteiger charge is -2.09. The molecular formula is C10H14BNO3. The van der Waals surface area contributed by atoms with Crippen LogP contribution in [0.4, 0.5) is 0 Å². The molecule has 0 fully saturated rings. The Bertz CT molecular complexity index is 307. The lowest BCUT2D eigenvalue weighted by atomic mass is 9.99. The largest absolute Gasteiger partial charge is 0.488 e. The second-order valence-corrected chi connectivity index (χ2v) is 2.97. The summed E-state index contributed by atoms with van der Waals surface area (Å²) in [7, 11) is 8.79. The average Bonchev–Trinajstić information content (AvgIpc) is 2.25. The summed E-state index contributed by atoms with van der Waals surface area (Å²) in [5.41, 5.74) is 0.553. The van der Waals surface area contributed by atoms with Crippen molar-refractivity contribution in [1.82, 2.24) is 4.98 Å². The van der Waals surface area contributed by atoms with Gasteiger partial charge in [-0.2, -0.15) is 0 Å². The number of ether oxygens (including phenoxy) is 3. The molecule has 0 saturated heterocycles. The molecule has 0 N–H and O–H groups in total. The summed E-state index contributed by atoms with van der Waals surface area (Å²) in [6.45, 7) is 1.22. The molecule has 2 radical (unpaired) electrons. The molecule has 0 spiro atoms.